The molecule has 5 atom stereocenters. The van der Waals surface area contributed by atoms with Crippen molar-refractivity contribution < 1.29 is 80.2 Å². The summed E-state index contributed by atoms with van der Waals surface area (Å²) < 4.78 is 68.5. The lowest BCUT2D eigenvalue weighted by atomic mass is 10.1. The molecule has 3 N–H and O–H groups in total. The number of aliphatic hydroxyl groups excluding tert-OH is 1. The van der Waals surface area contributed by atoms with Crippen molar-refractivity contribution in [3.8, 4) is 0 Å². The molecule has 100 heavy (non-hydrogen) atoms. The Morgan fingerprint density at radius 1 is 0.290 bits per heavy atom. The molecular weight excluding hydrogens is 1310 g/mol. The maximum Gasteiger partial charge on any atom is 0.472 e. The number of carbonyl (C=O) groups excluding carboxylic acids is 4. The van der Waals surface area contributed by atoms with Gasteiger partial charge in [-0.05, 0) is 148 Å². The highest BCUT2D eigenvalue weighted by molar-refractivity contribution is 7.47. The zero-order valence-electron chi connectivity index (χ0n) is 62.8. The lowest BCUT2D eigenvalue weighted by molar-refractivity contribution is -0.161. The van der Waals surface area contributed by atoms with E-state index in [1.165, 1.54) is 38.5 Å². The number of allylic oxidation sites excluding steroid dienone is 18. The monoisotopic (exact) mass is 1450 g/mol. The summed E-state index contributed by atoms with van der Waals surface area (Å²) in [7, 11) is -9.97. The SMILES string of the molecule is CC/C=C\C/C=C\C/C=C\CCCCCCCCCC(=O)OCC(COP(=O)(O)OCC(O)COP(=O)(O)OCC(COC(=O)CCCCCCC/C=C\C/C=C\CCCCC)OC(=O)CCCCCCC/C=C\C/C=C\CCC)OC(=O)CCCCCCC/C=C\C/C=C\CCCCC. The third-order valence-corrected chi connectivity index (χ3v) is 18.1. The Morgan fingerprint density at radius 3 is 0.840 bits per heavy atom. The molecule has 0 aliphatic carbocycles. The van der Waals surface area contributed by atoms with Crippen LogP contribution in [0.15, 0.2) is 109 Å². The molecule has 0 heterocycles. The molecule has 0 fully saturated rings. The van der Waals surface area contributed by atoms with Crippen molar-refractivity contribution in [3.63, 3.8) is 0 Å². The molecule has 0 saturated heterocycles. The van der Waals surface area contributed by atoms with Gasteiger partial charge in [0, 0.05) is 25.7 Å². The summed E-state index contributed by atoms with van der Waals surface area (Å²) in [6, 6.07) is 0. The van der Waals surface area contributed by atoms with Gasteiger partial charge >= 0.3 is 39.5 Å². The molecule has 0 aromatic heterocycles. The minimum absolute atomic E-state index is 0.0747. The molecule has 576 valence electrons. The van der Waals surface area contributed by atoms with Crippen molar-refractivity contribution in [2.45, 2.75) is 341 Å². The zero-order valence-corrected chi connectivity index (χ0v) is 64.6. The number of unbranched alkanes of at least 4 members (excludes halogenated alkanes) is 29. The van der Waals surface area contributed by atoms with Crippen LogP contribution in [0.1, 0.15) is 323 Å². The molecule has 0 spiro atoms. The molecular formula is C81H140O17P2. The lowest BCUT2D eigenvalue weighted by Gasteiger charge is -2.21. The summed E-state index contributed by atoms with van der Waals surface area (Å²) in [6.07, 6.45) is 77.8. The van der Waals surface area contributed by atoms with Crippen LogP contribution in [0.5, 0.6) is 0 Å². The fourth-order valence-corrected chi connectivity index (χ4v) is 11.8. The number of hydrogen-bond donors (Lipinski definition) is 3. The van der Waals surface area contributed by atoms with Crippen LogP contribution in [0, 0.1) is 0 Å². The molecule has 0 radical (unpaired) electrons. The van der Waals surface area contributed by atoms with E-state index in [0.717, 1.165) is 205 Å². The molecule has 17 nitrogen and oxygen atoms in total. The molecule has 0 aliphatic rings. The summed E-state index contributed by atoms with van der Waals surface area (Å²) >= 11 is 0. The van der Waals surface area contributed by atoms with Crippen LogP contribution in [-0.4, -0.2) is 96.7 Å². The average Bonchev–Trinajstić information content (AvgIpc) is 1.06. The van der Waals surface area contributed by atoms with Gasteiger partial charge in [-0.25, -0.2) is 9.13 Å². The van der Waals surface area contributed by atoms with Crippen LogP contribution in [0.2, 0.25) is 0 Å². The van der Waals surface area contributed by atoms with E-state index in [2.05, 4.69) is 137 Å². The Morgan fingerprint density at radius 2 is 0.540 bits per heavy atom. The van der Waals surface area contributed by atoms with E-state index in [-0.39, 0.29) is 25.7 Å². The van der Waals surface area contributed by atoms with Crippen molar-refractivity contribution in [2.75, 3.05) is 39.6 Å². The molecule has 5 unspecified atom stereocenters. The second-order valence-corrected chi connectivity index (χ2v) is 28.8. The Bertz CT molecular complexity index is 2320. The van der Waals surface area contributed by atoms with Crippen LogP contribution in [0.4, 0.5) is 0 Å². The molecule has 0 rings (SSSR count). The van der Waals surface area contributed by atoms with Crippen LogP contribution in [0.3, 0.4) is 0 Å². The van der Waals surface area contributed by atoms with Gasteiger partial charge in [-0.15, -0.1) is 0 Å². The number of rotatable bonds is 73. The molecule has 0 aliphatic heterocycles. The van der Waals surface area contributed by atoms with Gasteiger partial charge in [-0.2, -0.15) is 0 Å². The second kappa shape index (κ2) is 73.0. The molecule has 19 heteroatoms. The highest BCUT2D eigenvalue weighted by atomic mass is 31.2. The zero-order chi connectivity index (χ0) is 73.2. The standard InChI is InChI=1S/C81H140O17P2/c1-5-9-13-17-21-25-29-33-36-37-40-43-46-50-54-58-62-66-79(84)92-72-77(98-81(86)68-64-60-56-52-48-44-39-35-31-27-23-19-15-11-7-3)74-96-100(89,90)94-70-75(82)69-93-99(87,88)95-73-76(97-80(85)67-63-59-55-51-47-41-32-28-24-20-16-12-8-4)71-91-78(83)65-61-57-53-49-45-42-38-34-30-26-22-18-14-10-6-2/h9,13,16,20-23,25-28,32-36,38-39,75-77,82H,5-8,10-12,14-15,17-19,24,29-31,37,40-74H2,1-4H3,(H,87,88)(H,89,90)/b13-9-,20-16-,25-21-,26-22-,27-23-,32-28-,36-33-,38-34-,39-35-. The third-order valence-electron chi connectivity index (χ3n) is 16.2. The van der Waals surface area contributed by atoms with Crippen LogP contribution in [-0.2, 0) is 65.4 Å². The van der Waals surface area contributed by atoms with Crippen molar-refractivity contribution >= 4 is 39.5 Å². The van der Waals surface area contributed by atoms with Crippen LogP contribution >= 0.6 is 15.6 Å². The number of phosphoric acid groups is 2. The van der Waals surface area contributed by atoms with Crippen LogP contribution < -0.4 is 0 Å². The Labute approximate surface area is 607 Å². The Balaban J connectivity index is 5.38. The predicted octanol–water partition coefficient (Wildman–Crippen LogP) is 22.6. The minimum Gasteiger partial charge on any atom is -0.462 e. The van der Waals surface area contributed by atoms with E-state index in [1.807, 2.05) is 0 Å². The number of carbonyl (C=O) groups is 4. The van der Waals surface area contributed by atoms with Gasteiger partial charge in [0.1, 0.15) is 19.3 Å². The molecule has 0 amide bonds. The van der Waals surface area contributed by atoms with Gasteiger partial charge < -0.3 is 33.8 Å². The van der Waals surface area contributed by atoms with Crippen molar-refractivity contribution in [1.29, 1.82) is 0 Å². The normalized spacial score (nSPS) is 14.5. The maximum atomic E-state index is 13.1. The van der Waals surface area contributed by atoms with E-state index in [4.69, 9.17) is 37.0 Å². The van der Waals surface area contributed by atoms with E-state index in [1.54, 1.807) is 0 Å². The highest BCUT2D eigenvalue weighted by Crippen LogP contribution is 2.45. The lowest BCUT2D eigenvalue weighted by Crippen LogP contribution is -2.30. The predicted molar refractivity (Wildman–Crippen MR) is 408 cm³/mol. The summed E-state index contributed by atoms with van der Waals surface area (Å²) in [5, 5.41) is 10.6. The number of ether oxygens (including phenoxy) is 4. The van der Waals surface area contributed by atoms with Gasteiger partial charge in [0.2, 0.25) is 0 Å². The highest BCUT2D eigenvalue weighted by Gasteiger charge is 2.30. The largest absolute Gasteiger partial charge is 0.472 e. The first kappa shape index (κ1) is 95.7. The molecule has 0 aromatic rings. The summed E-state index contributed by atoms with van der Waals surface area (Å²) in [4.78, 5) is 72.9. The van der Waals surface area contributed by atoms with E-state index in [9.17, 15) is 43.2 Å². The number of esters is 4. The number of hydrogen-bond acceptors (Lipinski definition) is 15. The summed E-state index contributed by atoms with van der Waals surface area (Å²) in [6.45, 7) is 4.61. The van der Waals surface area contributed by atoms with Gasteiger partial charge in [-0.3, -0.25) is 37.3 Å². The van der Waals surface area contributed by atoms with E-state index in [0.29, 0.717) is 25.7 Å². The first-order valence-corrected chi connectivity index (χ1v) is 42.1. The van der Waals surface area contributed by atoms with Gasteiger partial charge in [0.25, 0.3) is 0 Å². The molecule has 0 aromatic carbocycles. The number of aliphatic hydroxyl groups is 1. The van der Waals surface area contributed by atoms with Gasteiger partial charge in [-0.1, -0.05) is 259 Å². The second-order valence-electron chi connectivity index (χ2n) is 25.9. The van der Waals surface area contributed by atoms with Gasteiger partial charge in [0.15, 0.2) is 12.2 Å². The summed E-state index contributed by atoms with van der Waals surface area (Å²) in [5.41, 5.74) is 0. The molecule has 0 saturated carbocycles. The van der Waals surface area contributed by atoms with E-state index < -0.39 is 97.5 Å². The quantitative estimate of drug-likeness (QED) is 0.0169. The minimum atomic E-state index is -4.98. The third kappa shape index (κ3) is 72.1. The van der Waals surface area contributed by atoms with Gasteiger partial charge in [0.05, 0.1) is 26.4 Å². The maximum absolute atomic E-state index is 13.1. The fourth-order valence-electron chi connectivity index (χ4n) is 10.2. The number of phosphoric ester groups is 2. The topological polar surface area (TPSA) is 237 Å². The Kier molecular flexibility index (Phi) is 69.9. The van der Waals surface area contributed by atoms with Crippen molar-refractivity contribution in [2.24, 2.45) is 0 Å². The van der Waals surface area contributed by atoms with Crippen LogP contribution in [0.25, 0.3) is 0 Å². The fraction of sp³-hybridized carbons (Fsp3) is 0.728. The first-order chi connectivity index (χ1) is 48.7. The first-order valence-electron chi connectivity index (χ1n) is 39.1. The average molecular weight is 1450 g/mol. The van der Waals surface area contributed by atoms with Crippen molar-refractivity contribution in [1.82, 2.24) is 0 Å². The van der Waals surface area contributed by atoms with E-state index >= 15 is 0 Å². The summed E-state index contributed by atoms with van der Waals surface area (Å²) in [5.74, 6) is -2.22. The molecule has 0 bridgehead atoms. The smallest absolute Gasteiger partial charge is 0.462 e. The Hall–Kier alpha value is -4.28. The van der Waals surface area contributed by atoms with Crippen molar-refractivity contribution in [3.05, 3.63) is 109 Å².